The fourth-order valence-electron chi connectivity index (χ4n) is 3.78. The third-order valence-electron chi connectivity index (χ3n) is 5.49. The van der Waals surface area contributed by atoms with Gasteiger partial charge in [-0.1, -0.05) is 30.3 Å². The number of hydrogen-bond acceptors (Lipinski definition) is 2. The number of aromatic amines is 1. The van der Waals surface area contributed by atoms with Crippen LogP contribution in [0.1, 0.15) is 23.7 Å². The van der Waals surface area contributed by atoms with Gasteiger partial charge in [0.2, 0.25) is 5.91 Å². The Morgan fingerprint density at radius 1 is 1.17 bits per heavy atom. The molecule has 0 spiro atoms. The minimum Gasteiger partial charge on any atom is -0.322 e. The number of amides is 1. The molecule has 0 saturated carbocycles. The maximum atomic E-state index is 14.3. The zero-order valence-electron chi connectivity index (χ0n) is 16.6. The lowest BCUT2D eigenvalue weighted by Crippen LogP contribution is -2.31. The van der Waals surface area contributed by atoms with Gasteiger partial charge in [-0.15, -0.1) is 0 Å². The molecule has 1 aromatic heterocycles. The van der Waals surface area contributed by atoms with E-state index in [1.807, 2.05) is 43.3 Å². The van der Waals surface area contributed by atoms with Crippen molar-refractivity contribution in [3.8, 4) is 0 Å². The van der Waals surface area contributed by atoms with Gasteiger partial charge in [0.15, 0.2) is 11.6 Å². The zero-order valence-corrected chi connectivity index (χ0v) is 16.6. The highest BCUT2D eigenvalue weighted by Crippen LogP contribution is 2.25. The summed E-state index contributed by atoms with van der Waals surface area (Å²) in [6.07, 6.45) is 5.29. The third kappa shape index (κ3) is 3.45. The van der Waals surface area contributed by atoms with Crippen LogP contribution < -0.4 is 5.56 Å². The van der Waals surface area contributed by atoms with Crippen LogP contribution in [0.2, 0.25) is 0 Å². The van der Waals surface area contributed by atoms with Crippen molar-refractivity contribution in [2.75, 3.05) is 6.54 Å². The molecule has 3 aromatic rings. The molecule has 0 fully saturated rings. The minimum absolute atomic E-state index is 0. The monoisotopic (exact) mass is 408 g/mol. The molecule has 0 aliphatic carbocycles. The highest BCUT2D eigenvalue weighted by atomic mass is 19.2. The van der Waals surface area contributed by atoms with Gasteiger partial charge in [0.25, 0.3) is 5.56 Å². The quantitative estimate of drug-likeness (QED) is 0.686. The number of benzene rings is 2. The number of hydrogen-bond donors (Lipinski definition) is 1. The number of carbonyl (C=O) groups excluding carboxylic acids is 1. The first-order chi connectivity index (χ1) is 14.4. The van der Waals surface area contributed by atoms with Gasteiger partial charge in [0, 0.05) is 25.1 Å². The second-order valence-electron chi connectivity index (χ2n) is 7.35. The molecule has 6 heteroatoms. The SMILES string of the molecule is Cc1ccccc1C1=CCN(C(=O)Cc2c(C)c3c(F)c(F)ccc3[nH]c2=O)C=C1.[HH]. The largest absolute Gasteiger partial charge is 0.322 e. The number of carbonyl (C=O) groups is 1. The van der Waals surface area contributed by atoms with Crippen LogP contribution in [0.3, 0.4) is 0 Å². The normalized spacial score (nSPS) is 13.6. The van der Waals surface area contributed by atoms with Crippen LogP contribution in [0.25, 0.3) is 16.5 Å². The predicted octanol–water partition coefficient (Wildman–Crippen LogP) is 4.65. The number of fused-ring (bicyclic) bond motifs is 1. The molecule has 2 heterocycles. The van der Waals surface area contributed by atoms with Crippen LogP contribution in [0.15, 0.2) is 59.5 Å². The van der Waals surface area contributed by atoms with E-state index in [0.717, 1.165) is 22.8 Å². The molecular formula is C24H22F2N2O2. The summed E-state index contributed by atoms with van der Waals surface area (Å²) >= 11 is 0. The Morgan fingerprint density at radius 2 is 1.93 bits per heavy atom. The molecule has 1 amide bonds. The van der Waals surface area contributed by atoms with Gasteiger partial charge in [-0.3, -0.25) is 9.59 Å². The molecule has 0 radical (unpaired) electrons. The Hall–Kier alpha value is -3.54. The van der Waals surface area contributed by atoms with Crippen LogP contribution in [0.4, 0.5) is 8.78 Å². The van der Waals surface area contributed by atoms with E-state index in [9.17, 15) is 18.4 Å². The summed E-state index contributed by atoms with van der Waals surface area (Å²) in [6, 6.07) is 10.3. The van der Waals surface area contributed by atoms with Crippen LogP contribution in [-0.2, 0) is 11.2 Å². The summed E-state index contributed by atoms with van der Waals surface area (Å²) in [6.45, 7) is 3.93. The van der Waals surface area contributed by atoms with Crippen molar-refractivity contribution < 1.29 is 15.0 Å². The molecule has 30 heavy (non-hydrogen) atoms. The molecule has 1 N–H and O–H groups in total. The van der Waals surface area contributed by atoms with Crippen molar-refractivity contribution in [2.45, 2.75) is 20.3 Å². The highest BCUT2D eigenvalue weighted by molar-refractivity contribution is 5.87. The standard InChI is InChI=1S/C24H20F2N2O2.H2/c1-14-5-3-4-6-17(14)16-9-11-28(12-10-16)21(29)13-18-15(2)22-20(27-24(18)30)8-7-19(25)23(22)26;/h3-11H,12-13H2,1-2H3,(H,27,30);1H. The number of aromatic nitrogens is 1. The zero-order chi connectivity index (χ0) is 21.4. The number of aryl methyl sites for hydroxylation is 2. The van der Waals surface area contributed by atoms with Crippen molar-refractivity contribution in [3.05, 3.63) is 99.0 Å². The van der Waals surface area contributed by atoms with E-state index < -0.39 is 17.2 Å². The smallest absolute Gasteiger partial charge is 0.252 e. The number of rotatable bonds is 3. The molecule has 1 aliphatic heterocycles. The second kappa shape index (κ2) is 7.71. The van der Waals surface area contributed by atoms with Crippen molar-refractivity contribution >= 4 is 22.4 Å². The van der Waals surface area contributed by atoms with Crippen molar-refractivity contribution in [1.82, 2.24) is 9.88 Å². The number of halogens is 2. The Balaban J connectivity index is 0.00000272. The minimum atomic E-state index is -1.03. The summed E-state index contributed by atoms with van der Waals surface area (Å²) in [4.78, 5) is 29.3. The van der Waals surface area contributed by atoms with E-state index in [1.54, 1.807) is 6.20 Å². The molecule has 2 aromatic carbocycles. The first kappa shape index (κ1) is 19.8. The number of nitrogens with zero attached hydrogens (tertiary/aromatic N) is 1. The highest BCUT2D eigenvalue weighted by Gasteiger charge is 2.20. The lowest BCUT2D eigenvalue weighted by molar-refractivity contribution is -0.127. The van der Waals surface area contributed by atoms with Gasteiger partial charge in [-0.05, 0) is 54.3 Å². The van der Waals surface area contributed by atoms with E-state index in [0.29, 0.717) is 6.54 Å². The molecule has 1 aliphatic rings. The van der Waals surface area contributed by atoms with E-state index >= 15 is 0 Å². The first-order valence-electron chi connectivity index (χ1n) is 9.60. The summed E-state index contributed by atoms with van der Waals surface area (Å²) in [5.74, 6) is -2.32. The molecule has 154 valence electrons. The van der Waals surface area contributed by atoms with Gasteiger partial charge in [0.1, 0.15) is 0 Å². The van der Waals surface area contributed by atoms with Gasteiger partial charge in [0.05, 0.1) is 11.9 Å². The van der Waals surface area contributed by atoms with Crippen LogP contribution in [0, 0.1) is 25.5 Å². The van der Waals surface area contributed by atoms with Crippen molar-refractivity contribution in [3.63, 3.8) is 0 Å². The molecule has 4 rings (SSSR count). The lowest BCUT2D eigenvalue weighted by Gasteiger charge is -2.22. The fourth-order valence-corrected chi connectivity index (χ4v) is 3.78. The summed E-state index contributed by atoms with van der Waals surface area (Å²) in [5.41, 5.74) is 3.40. The predicted molar refractivity (Wildman–Crippen MR) is 115 cm³/mol. The van der Waals surface area contributed by atoms with E-state index in [-0.39, 0.29) is 35.8 Å². The topological polar surface area (TPSA) is 53.2 Å². The van der Waals surface area contributed by atoms with Gasteiger partial charge in [-0.2, -0.15) is 0 Å². The summed E-state index contributed by atoms with van der Waals surface area (Å²) in [5, 5.41) is -0.00618. The van der Waals surface area contributed by atoms with Crippen molar-refractivity contribution in [1.29, 1.82) is 0 Å². The van der Waals surface area contributed by atoms with Crippen LogP contribution in [0.5, 0.6) is 0 Å². The Labute approximate surface area is 173 Å². The third-order valence-corrected chi connectivity index (χ3v) is 5.49. The molecule has 0 atom stereocenters. The first-order valence-corrected chi connectivity index (χ1v) is 9.60. The summed E-state index contributed by atoms with van der Waals surface area (Å²) in [7, 11) is 0. The van der Waals surface area contributed by atoms with Gasteiger partial charge in [-0.25, -0.2) is 8.78 Å². The molecule has 0 bridgehead atoms. The molecular weight excluding hydrogens is 386 g/mol. The Kier molecular flexibility index (Phi) is 5.08. The number of pyridine rings is 1. The summed E-state index contributed by atoms with van der Waals surface area (Å²) < 4.78 is 27.9. The van der Waals surface area contributed by atoms with E-state index in [4.69, 9.17) is 0 Å². The average Bonchev–Trinajstić information content (AvgIpc) is 2.74. The molecule has 0 saturated heterocycles. The number of H-pyrrole nitrogens is 1. The van der Waals surface area contributed by atoms with Gasteiger partial charge < -0.3 is 9.88 Å². The van der Waals surface area contributed by atoms with Crippen LogP contribution in [-0.4, -0.2) is 22.3 Å². The Bertz CT molecular complexity index is 1290. The maximum absolute atomic E-state index is 14.3. The van der Waals surface area contributed by atoms with Crippen molar-refractivity contribution in [2.24, 2.45) is 0 Å². The Morgan fingerprint density at radius 3 is 2.63 bits per heavy atom. The fraction of sp³-hybridized carbons (Fsp3) is 0.167. The number of allylic oxidation sites excluding steroid dienone is 2. The van der Waals surface area contributed by atoms with E-state index in [2.05, 4.69) is 4.98 Å². The average molecular weight is 408 g/mol. The molecule has 4 nitrogen and oxygen atoms in total. The van der Waals surface area contributed by atoms with Gasteiger partial charge >= 0.3 is 0 Å². The maximum Gasteiger partial charge on any atom is 0.252 e. The van der Waals surface area contributed by atoms with Crippen LogP contribution >= 0.6 is 0 Å². The molecule has 0 unspecified atom stereocenters. The lowest BCUT2D eigenvalue weighted by atomic mass is 9.98. The number of nitrogens with one attached hydrogen (secondary N) is 1. The van der Waals surface area contributed by atoms with E-state index in [1.165, 1.54) is 17.9 Å². The second-order valence-corrected chi connectivity index (χ2v) is 7.35.